The van der Waals surface area contributed by atoms with Crippen LogP contribution in [0.5, 0.6) is 0 Å². The molecule has 0 spiro atoms. The fourth-order valence-electron chi connectivity index (χ4n) is 1.42. The maximum atomic E-state index is 8.58. The molecule has 1 aliphatic heterocycles. The van der Waals surface area contributed by atoms with E-state index in [1.54, 1.807) is 0 Å². The van der Waals surface area contributed by atoms with E-state index in [1.807, 2.05) is 0 Å². The first kappa shape index (κ1) is 9.00. The zero-order chi connectivity index (χ0) is 8.27. The van der Waals surface area contributed by atoms with Crippen molar-refractivity contribution in [3.05, 3.63) is 0 Å². The average Bonchev–Trinajstić information content (AvgIpc) is 2.31. The largest absolute Gasteiger partial charge is 0.451 e. The van der Waals surface area contributed by atoms with Gasteiger partial charge in [0.05, 0.1) is 0 Å². The highest BCUT2D eigenvalue weighted by atomic mass is 16.4. The van der Waals surface area contributed by atoms with Crippen LogP contribution in [0.1, 0.15) is 12.8 Å². The van der Waals surface area contributed by atoms with Crippen LogP contribution in [0.4, 0.5) is 0 Å². The van der Waals surface area contributed by atoms with E-state index in [9.17, 15) is 0 Å². The Balaban J connectivity index is 2.08. The van der Waals surface area contributed by atoms with E-state index in [-0.39, 0.29) is 6.04 Å². The lowest BCUT2D eigenvalue weighted by molar-refractivity contribution is 0.397. The van der Waals surface area contributed by atoms with Crippen LogP contribution >= 0.6 is 0 Å². The summed E-state index contributed by atoms with van der Waals surface area (Å²) in [6.45, 7) is 0.853. The molecule has 0 radical (unpaired) electrons. The Morgan fingerprint density at radius 2 is 2.27 bits per heavy atom. The first-order valence-electron chi connectivity index (χ1n) is 4.03. The van der Waals surface area contributed by atoms with E-state index < -0.39 is 7.12 Å². The topological polar surface area (TPSA) is 78.5 Å². The molecule has 64 valence electrons. The van der Waals surface area contributed by atoms with Crippen LogP contribution in [0.2, 0.25) is 6.32 Å². The molecule has 0 aromatic rings. The van der Waals surface area contributed by atoms with Crippen molar-refractivity contribution in [2.75, 3.05) is 6.54 Å². The third-order valence-corrected chi connectivity index (χ3v) is 2.03. The van der Waals surface area contributed by atoms with Gasteiger partial charge >= 0.3 is 7.12 Å². The molecule has 2 unspecified atom stereocenters. The van der Waals surface area contributed by atoms with Gasteiger partial charge in [-0.3, -0.25) is 0 Å². The molecule has 1 saturated heterocycles. The molecule has 0 aromatic heterocycles. The van der Waals surface area contributed by atoms with Gasteiger partial charge in [0, 0.05) is 18.6 Å². The Hall–Kier alpha value is -0.0951. The molecule has 5 heteroatoms. The standard InChI is InChI=1S/C6H15BN2O2/c8-5-3-6(9-4-5)1-2-7(10)11/h5-6,9-11H,1-4,8H2. The molecule has 1 fully saturated rings. The molecule has 1 heterocycles. The average molecular weight is 158 g/mol. The Morgan fingerprint density at radius 3 is 2.73 bits per heavy atom. The second-order valence-electron chi connectivity index (χ2n) is 3.16. The summed E-state index contributed by atoms with van der Waals surface area (Å²) in [7, 11) is -1.17. The van der Waals surface area contributed by atoms with Crippen molar-refractivity contribution in [2.24, 2.45) is 5.73 Å². The molecule has 0 bridgehead atoms. The fourth-order valence-corrected chi connectivity index (χ4v) is 1.42. The molecule has 4 nitrogen and oxygen atoms in total. The van der Waals surface area contributed by atoms with E-state index in [0.29, 0.717) is 12.4 Å². The highest BCUT2D eigenvalue weighted by Gasteiger charge is 2.21. The molecule has 1 rings (SSSR count). The molecule has 1 aliphatic rings. The van der Waals surface area contributed by atoms with Crippen LogP contribution in [0.3, 0.4) is 0 Å². The number of hydrogen-bond donors (Lipinski definition) is 4. The van der Waals surface area contributed by atoms with Gasteiger partial charge in [-0.2, -0.15) is 0 Å². The lowest BCUT2D eigenvalue weighted by atomic mass is 9.82. The van der Waals surface area contributed by atoms with Gasteiger partial charge in [0.15, 0.2) is 0 Å². The summed E-state index contributed by atoms with van der Waals surface area (Å²) in [5, 5.41) is 20.4. The lowest BCUT2D eigenvalue weighted by Gasteiger charge is -2.08. The van der Waals surface area contributed by atoms with Gasteiger partial charge in [0.25, 0.3) is 0 Å². The molecule has 2 atom stereocenters. The molecule has 0 aliphatic carbocycles. The zero-order valence-corrected chi connectivity index (χ0v) is 6.53. The smallest absolute Gasteiger partial charge is 0.427 e. The number of rotatable bonds is 3. The van der Waals surface area contributed by atoms with Gasteiger partial charge in [-0.1, -0.05) is 0 Å². The lowest BCUT2D eigenvalue weighted by Crippen LogP contribution is -2.24. The Morgan fingerprint density at radius 1 is 1.55 bits per heavy atom. The van der Waals surface area contributed by atoms with Gasteiger partial charge in [0.1, 0.15) is 0 Å². The van der Waals surface area contributed by atoms with Gasteiger partial charge in [-0.25, -0.2) is 0 Å². The normalized spacial score (nSPS) is 30.8. The monoisotopic (exact) mass is 158 g/mol. The van der Waals surface area contributed by atoms with Crippen LogP contribution in [0.15, 0.2) is 0 Å². The van der Waals surface area contributed by atoms with Crippen molar-refractivity contribution >= 4 is 7.12 Å². The van der Waals surface area contributed by atoms with Crippen molar-refractivity contribution in [3.8, 4) is 0 Å². The molecular weight excluding hydrogens is 143 g/mol. The first-order valence-corrected chi connectivity index (χ1v) is 4.03. The summed E-state index contributed by atoms with van der Waals surface area (Å²) in [5.74, 6) is 0. The quantitative estimate of drug-likeness (QED) is 0.378. The molecule has 5 N–H and O–H groups in total. The van der Waals surface area contributed by atoms with Gasteiger partial charge in [-0.05, 0) is 19.2 Å². The molecule has 11 heavy (non-hydrogen) atoms. The highest BCUT2D eigenvalue weighted by molar-refractivity contribution is 6.40. The zero-order valence-electron chi connectivity index (χ0n) is 6.53. The van der Waals surface area contributed by atoms with Gasteiger partial charge in [-0.15, -0.1) is 0 Å². The van der Waals surface area contributed by atoms with Crippen molar-refractivity contribution in [2.45, 2.75) is 31.2 Å². The summed E-state index contributed by atoms with van der Waals surface area (Å²) in [4.78, 5) is 0. The first-order chi connectivity index (χ1) is 5.18. The predicted octanol–water partition coefficient (Wildman–Crippen LogP) is -1.46. The summed E-state index contributed by atoms with van der Waals surface area (Å²) >= 11 is 0. The summed E-state index contributed by atoms with van der Waals surface area (Å²) in [5.41, 5.74) is 5.64. The van der Waals surface area contributed by atoms with E-state index >= 15 is 0 Å². The van der Waals surface area contributed by atoms with Crippen molar-refractivity contribution in [1.82, 2.24) is 5.32 Å². The SMILES string of the molecule is NC1CNC(CCB(O)O)C1. The minimum absolute atomic E-state index is 0.246. The van der Waals surface area contributed by atoms with Gasteiger partial charge in [0.2, 0.25) is 0 Å². The van der Waals surface area contributed by atoms with Crippen molar-refractivity contribution < 1.29 is 10.0 Å². The van der Waals surface area contributed by atoms with Crippen molar-refractivity contribution in [3.63, 3.8) is 0 Å². The Labute approximate surface area is 66.9 Å². The highest BCUT2D eigenvalue weighted by Crippen LogP contribution is 2.10. The molecule has 0 aromatic carbocycles. The van der Waals surface area contributed by atoms with E-state index in [1.165, 1.54) is 0 Å². The number of nitrogens with two attached hydrogens (primary N) is 1. The second kappa shape index (κ2) is 4.06. The number of nitrogens with one attached hydrogen (secondary N) is 1. The van der Waals surface area contributed by atoms with Crippen molar-refractivity contribution in [1.29, 1.82) is 0 Å². The fraction of sp³-hybridized carbons (Fsp3) is 1.00. The summed E-state index contributed by atoms with van der Waals surface area (Å²) in [6.07, 6.45) is 2.18. The van der Waals surface area contributed by atoms with Crippen LogP contribution in [-0.4, -0.2) is 35.8 Å². The maximum Gasteiger partial charge on any atom is 0.451 e. The third kappa shape index (κ3) is 3.20. The predicted molar refractivity (Wildman–Crippen MR) is 44.0 cm³/mol. The minimum Gasteiger partial charge on any atom is -0.427 e. The maximum absolute atomic E-state index is 8.58. The second-order valence-corrected chi connectivity index (χ2v) is 3.16. The van der Waals surface area contributed by atoms with Gasteiger partial charge < -0.3 is 21.1 Å². The van der Waals surface area contributed by atoms with E-state index in [2.05, 4.69) is 5.32 Å². The summed E-state index contributed by atoms with van der Waals surface area (Å²) < 4.78 is 0. The Kier molecular flexibility index (Phi) is 3.32. The molecule has 0 saturated carbocycles. The molecular formula is C6H15BN2O2. The van der Waals surface area contributed by atoms with Crippen LogP contribution < -0.4 is 11.1 Å². The van der Waals surface area contributed by atoms with Crippen LogP contribution in [-0.2, 0) is 0 Å². The van der Waals surface area contributed by atoms with Crippen LogP contribution in [0, 0.1) is 0 Å². The summed E-state index contributed by atoms with van der Waals surface area (Å²) in [6, 6.07) is 0.627. The third-order valence-electron chi connectivity index (χ3n) is 2.03. The molecule has 0 amide bonds. The van der Waals surface area contributed by atoms with E-state index in [4.69, 9.17) is 15.8 Å². The Bertz CT molecular complexity index is 123. The number of hydrogen-bond acceptors (Lipinski definition) is 4. The van der Waals surface area contributed by atoms with Crippen LogP contribution in [0.25, 0.3) is 0 Å². The minimum atomic E-state index is -1.17. The van der Waals surface area contributed by atoms with E-state index in [0.717, 1.165) is 19.4 Å².